The molecule has 10 heteroatoms. The molecule has 0 bridgehead atoms. The molecule has 0 unspecified atom stereocenters. The first-order chi connectivity index (χ1) is 8.06. The first kappa shape index (κ1) is 14.5. The third-order valence-electron chi connectivity index (χ3n) is 1.93. The van der Waals surface area contributed by atoms with E-state index in [2.05, 4.69) is 14.5 Å². The van der Waals surface area contributed by atoms with Gasteiger partial charge in [-0.05, 0) is 6.92 Å². The number of rotatable bonds is 3. The molecule has 0 atom stereocenters. The second-order valence-corrected chi connectivity index (χ2v) is 4.71. The summed E-state index contributed by atoms with van der Waals surface area (Å²) in [5.41, 5.74) is -0.116. The van der Waals surface area contributed by atoms with Gasteiger partial charge in [0.05, 0.1) is 13.3 Å². The van der Waals surface area contributed by atoms with Crippen molar-refractivity contribution in [2.75, 3.05) is 7.11 Å². The SMILES string of the molecule is COc1c(OC(F)(F)F)ncc(S(N)(=O)=O)c1C. The van der Waals surface area contributed by atoms with Gasteiger partial charge in [-0.1, -0.05) is 0 Å². The molecule has 0 aliphatic heterocycles. The lowest BCUT2D eigenvalue weighted by atomic mass is 10.3. The summed E-state index contributed by atoms with van der Waals surface area (Å²) in [6.45, 7) is 1.23. The predicted molar refractivity (Wildman–Crippen MR) is 53.6 cm³/mol. The minimum atomic E-state index is -4.96. The lowest BCUT2D eigenvalue weighted by Crippen LogP contribution is -2.20. The van der Waals surface area contributed by atoms with Crippen LogP contribution in [0, 0.1) is 6.92 Å². The average molecular weight is 286 g/mol. The van der Waals surface area contributed by atoms with E-state index in [9.17, 15) is 21.6 Å². The van der Waals surface area contributed by atoms with E-state index in [1.54, 1.807) is 0 Å². The first-order valence-electron chi connectivity index (χ1n) is 4.38. The molecule has 0 radical (unpaired) electrons. The Morgan fingerprint density at radius 3 is 2.33 bits per heavy atom. The van der Waals surface area contributed by atoms with E-state index in [1.807, 2.05) is 0 Å². The zero-order valence-electron chi connectivity index (χ0n) is 9.28. The molecule has 1 aromatic heterocycles. The number of hydrogen-bond acceptors (Lipinski definition) is 5. The van der Waals surface area contributed by atoms with Crippen LogP contribution in [-0.2, 0) is 10.0 Å². The summed E-state index contributed by atoms with van der Waals surface area (Å²) >= 11 is 0. The van der Waals surface area contributed by atoms with Crippen molar-refractivity contribution < 1.29 is 31.1 Å². The van der Waals surface area contributed by atoms with Gasteiger partial charge in [-0.3, -0.25) is 0 Å². The molecule has 1 aromatic rings. The maximum Gasteiger partial charge on any atom is 0.574 e. The second-order valence-electron chi connectivity index (χ2n) is 3.18. The molecule has 0 fully saturated rings. The number of alkyl halides is 3. The molecular formula is C8H9F3N2O4S. The highest BCUT2D eigenvalue weighted by atomic mass is 32.2. The van der Waals surface area contributed by atoms with Gasteiger partial charge in [-0.25, -0.2) is 18.5 Å². The molecule has 6 nitrogen and oxygen atoms in total. The Morgan fingerprint density at radius 1 is 1.39 bits per heavy atom. The summed E-state index contributed by atoms with van der Waals surface area (Å²) in [4.78, 5) is 2.80. The van der Waals surface area contributed by atoms with Crippen molar-refractivity contribution in [3.8, 4) is 11.6 Å². The highest BCUT2D eigenvalue weighted by molar-refractivity contribution is 7.89. The van der Waals surface area contributed by atoms with E-state index in [-0.39, 0.29) is 5.56 Å². The molecule has 0 aromatic carbocycles. The fourth-order valence-corrected chi connectivity index (χ4v) is 1.97. The molecule has 0 saturated heterocycles. The van der Waals surface area contributed by atoms with E-state index in [0.29, 0.717) is 6.20 Å². The van der Waals surface area contributed by atoms with Gasteiger partial charge in [0.25, 0.3) is 5.88 Å². The number of primary sulfonamides is 1. The van der Waals surface area contributed by atoms with Crippen molar-refractivity contribution >= 4 is 10.0 Å². The van der Waals surface area contributed by atoms with Crippen LogP contribution in [0.15, 0.2) is 11.1 Å². The van der Waals surface area contributed by atoms with Crippen LogP contribution in [0.25, 0.3) is 0 Å². The van der Waals surface area contributed by atoms with Crippen molar-refractivity contribution in [1.29, 1.82) is 0 Å². The number of nitrogens with zero attached hydrogens (tertiary/aromatic N) is 1. The summed E-state index contributed by atoms with van der Waals surface area (Å²) in [5.74, 6) is -1.33. The number of hydrogen-bond donors (Lipinski definition) is 1. The van der Waals surface area contributed by atoms with Gasteiger partial charge in [-0.2, -0.15) is 0 Å². The summed E-state index contributed by atoms with van der Waals surface area (Å²) in [6, 6.07) is 0. The fourth-order valence-electron chi connectivity index (χ4n) is 1.25. The first-order valence-corrected chi connectivity index (χ1v) is 5.93. The standard InChI is InChI=1S/C8H9F3N2O4S/c1-4-5(18(12,14)15)3-13-7(6(4)16-2)17-8(9,10)11/h3H,1-2H3,(H2,12,14,15). The van der Waals surface area contributed by atoms with Crippen molar-refractivity contribution in [2.45, 2.75) is 18.2 Å². The molecule has 1 rings (SSSR count). The normalized spacial score (nSPS) is 12.3. The van der Waals surface area contributed by atoms with Gasteiger partial charge in [0.15, 0.2) is 5.75 Å². The Hall–Kier alpha value is -1.55. The van der Waals surface area contributed by atoms with Crippen LogP contribution in [0.4, 0.5) is 13.2 Å². The number of sulfonamides is 1. The van der Waals surface area contributed by atoms with E-state index >= 15 is 0 Å². The van der Waals surface area contributed by atoms with Gasteiger partial charge in [0.2, 0.25) is 10.0 Å². The van der Waals surface area contributed by atoms with Crippen LogP contribution >= 0.6 is 0 Å². The zero-order valence-corrected chi connectivity index (χ0v) is 10.1. The van der Waals surface area contributed by atoms with Crippen LogP contribution in [0.5, 0.6) is 11.6 Å². The Bertz CT molecular complexity index is 556. The third-order valence-corrected chi connectivity index (χ3v) is 2.95. The second kappa shape index (κ2) is 4.61. The van der Waals surface area contributed by atoms with Crippen LogP contribution < -0.4 is 14.6 Å². The summed E-state index contributed by atoms with van der Waals surface area (Å²) in [7, 11) is -3.05. The summed E-state index contributed by atoms with van der Waals surface area (Å²) in [6.07, 6.45) is -4.29. The molecule has 18 heavy (non-hydrogen) atoms. The number of halogens is 3. The molecule has 0 spiro atoms. The Balaban J connectivity index is 3.39. The fraction of sp³-hybridized carbons (Fsp3) is 0.375. The Kier molecular flexibility index (Phi) is 3.72. The average Bonchev–Trinajstić information content (AvgIpc) is 2.13. The topological polar surface area (TPSA) is 91.5 Å². The third kappa shape index (κ3) is 3.23. The van der Waals surface area contributed by atoms with Gasteiger partial charge in [0, 0.05) is 5.56 Å². The van der Waals surface area contributed by atoms with Gasteiger partial charge in [-0.15, -0.1) is 13.2 Å². The molecule has 0 aliphatic rings. The van der Waals surface area contributed by atoms with Crippen LogP contribution in [0.3, 0.4) is 0 Å². The lowest BCUT2D eigenvalue weighted by molar-refractivity contribution is -0.276. The monoisotopic (exact) mass is 286 g/mol. The van der Waals surface area contributed by atoms with Crippen LogP contribution in [-0.4, -0.2) is 26.9 Å². The minimum absolute atomic E-state index is 0.116. The zero-order chi connectivity index (χ0) is 14.1. The molecule has 102 valence electrons. The van der Waals surface area contributed by atoms with E-state index in [0.717, 1.165) is 7.11 Å². The highest BCUT2D eigenvalue weighted by Gasteiger charge is 2.34. The minimum Gasteiger partial charge on any atom is -0.491 e. The predicted octanol–water partition coefficient (Wildman–Crippen LogP) is 0.945. The number of pyridine rings is 1. The number of aromatic nitrogens is 1. The highest BCUT2D eigenvalue weighted by Crippen LogP contribution is 2.35. The molecule has 0 amide bonds. The van der Waals surface area contributed by atoms with Crippen LogP contribution in [0.2, 0.25) is 0 Å². The Morgan fingerprint density at radius 2 is 1.94 bits per heavy atom. The number of methoxy groups -OCH3 is 1. The number of nitrogens with two attached hydrogens (primary N) is 1. The summed E-state index contributed by atoms with van der Waals surface area (Å²) in [5, 5.41) is 4.87. The van der Waals surface area contributed by atoms with Gasteiger partial charge in [0.1, 0.15) is 4.90 Å². The lowest BCUT2D eigenvalue weighted by Gasteiger charge is -2.14. The van der Waals surface area contributed by atoms with Crippen molar-refractivity contribution in [3.05, 3.63) is 11.8 Å². The molecule has 2 N–H and O–H groups in total. The van der Waals surface area contributed by atoms with E-state index in [4.69, 9.17) is 5.14 Å². The molecule has 1 heterocycles. The Labute approximate surface area is 101 Å². The van der Waals surface area contributed by atoms with Crippen molar-refractivity contribution in [3.63, 3.8) is 0 Å². The van der Waals surface area contributed by atoms with E-state index in [1.165, 1.54) is 6.92 Å². The molecule has 0 aliphatic carbocycles. The van der Waals surface area contributed by atoms with Crippen LogP contribution in [0.1, 0.15) is 5.56 Å². The maximum atomic E-state index is 12.1. The van der Waals surface area contributed by atoms with Crippen molar-refractivity contribution in [2.24, 2.45) is 5.14 Å². The van der Waals surface area contributed by atoms with Gasteiger partial charge >= 0.3 is 6.36 Å². The molecular weight excluding hydrogens is 277 g/mol. The van der Waals surface area contributed by atoms with E-state index < -0.39 is 32.9 Å². The summed E-state index contributed by atoms with van der Waals surface area (Å²) < 4.78 is 66.7. The quantitative estimate of drug-likeness (QED) is 0.893. The number of ether oxygens (including phenoxy) is 2. The molecule has 0 saturated carbocycles. The smallest absolute Gasteiger partial charge is 0.491 e. The van der Waals surface area contributed by atoms with Crippen molar-refractivity contribution in [1.82, 2.24) is 4.98 Å². The van der Waals surface area contributed by atoms with Gasteiger partial charge < -0.3 is 9.47 Å². The maximum absolute atomic E-state index is 12.1. The largest absolute Gasteiger partial charge is 0.574 e.